The van der Waals surface area contributed by atoms with Crippen molar-refractivity contribution in [3.63, 3.8) is 0 Å². The Labute approximate surface area is 109 Å². The van der Waals surface area contributed by atoms with Gasteiger partial charge in [-0.2, -0.15) is 0 Å². The first-order chi connectivity index (χ1) is 8.72. The maximum atomic E-state index is 12.1. The molecule has 0 bridgehead atoms. The molecule has 2 atom stereocenters. The first-order valence-electron chi connectivity index (χ1n) is 6.99. The van der Waals surface area contributed by atoms with Crippen LogP contribution in [0.25, 0.3) is 0 Å². The van der Waals surface area contributed by atoms with Crippen molar-refractivity contribution in [1.82, 2.24) is 9.80 Å². The number of carbonyl (C=O) groups excluding carboxylic acids is 1. The summed E-state index contributed by atoms with van der Waals surface area (Å²) in [5.41, 5.74) is 5.90. The van der Waals surface area contributed by atoms with Crippen LogP contribution in [0.15, 0.2) is 0 Å². The van der Waals surface area contributed by atoms with Crippen molar-refractivity contribution < 1.29 is 9.53 Å². The summed E-state index contributed by atoms with van der Waals surface area (Å²) in [5.74, 6) is 0.0914. The number of hydrogen-bond acceptors (Lipinski definition) is 4. The Hall–Kier alpha value is -0.650. The third kappa shape index (κ3) is 3.22. The van der Waals surface area contributed by atoms with E-state index >= 15 is 0 Å². The van der Waals surface area contributed by atoms with E-state index in [1.54, 1.807) is 7.11 Å². The van der Waals surface area contributed by atoms with E-state index in [1.165, 1.54) is 25.9 Å². The molecule has 2 rings (SSSR count). The van der Waals surface area contributed by atoms with Crippen LogP contribution in [-0.4, -0.2) is 67.7 Å². The van der Waals surface area contributed by atoms with E-state index in [0.29, 0.717) is 19.1 Å². The molecule has 0 aromatic rings. The topological polar surface area (TPSA) is 58.8 Å². The molecule has 2 saturated heterocycles. The van der Waals surface area contributed by atoms with Crippen LogP contribution in [0.5, 0.6) is 0 Å². The second-order valence-electron chi connectivity index (χ2n) is 5.36. The third-order valence-electron chi connectivity index (χ3n) is 4.08. The molecule has 0 spiro atoms. The molecule has 104 valence electrons. The zero-order chi connectivity index (χ0) is 13.0. The number of nitrogens with zero attached hydrogens (tertiary/aromatic N) is 2. The van der Waals surface area contributed by atoms with Gasteiger partial charge in [0.2, 0.25) is 5.91 Å². The summed E-state index contributed by atoms with van der Waals surface area (Å²) in [6.45, 7) is 4.67. The van der Waals surface area contributed by atoms with Crippen molar-refractivity contribution in [2.24, 2.45) is 5.73 Å². The number of hydrogen-bond donors (Lipinski definition) is 1. The Balaban J connectivity index is 1.78. The van der Waals surface area contributed by atoms with Crippen LogP contribution in [0.4, 0.5) is 0 Å². The van der Waals surface area contributed by atoms with Crippen molar-refractivity contribution in [3.05, 3.63) is 0 Å². The predicted octanol–water partition coefficient (Wildman–Crippen LogP) is 0.0469. The van der Waals surface area contributed by atoms with E-state index in [4.69, 9.17) is 10.5 Å². The number of carbonyl (C=O) groups is 1. The lowest BCUT2D eigenvalue weighted by Crippen LogP contribution is -2.44. The highest BCUT2D eigenvalue weighted by Crippen LogP contribution is 2.20. The summed E-state index contributed by atoms with van der Waals surface area (Å²) in [6.07, 6.45) is 4.32. The molecule has 0 aromatic carbocycles. The van der Waals surface area contributed by atoms with Gasteiger partial charge in [0.1, 0.15) is 0 Å². The number of rotatable bonds is 5. The van der Waals surface area contributed by atoms with Gasteiger partial charge in [0, 0.05) is 32.8 Å². The number of likely N-dealkylation sites (tertiary alicyclic amines) is 2. The number of amides is 1. The van der Waals surface area contributed by atoms with Gasteiger partial charge >= 0.3 is 0 Å². The smallest absolute Gasteiger partial charge is 0.239 e. The summed E-state index contributed by atoms with van der Waals surface area (Å²) >= 11 is 0. The number of nitrogens with two attached hydrogens (primary N) is 1. The lowest BCUT2D eigenvalue weighted by Gasteiger charge is -2.25. The van der Waals surface area contributed by atoms with Crippen LogP contribution >= 0.6 is 0 Å². The maximum absolute atomic E-state index is 12.1. The first-order valence-corrected chi connectivity index (χ1v) is 6.99. The fraction of sp³-hybridized carbons (Fsp3) is 0.923. The molecule has 0 radical (unpaired) electrons. The molecule has 2 fully saturated rings. The van der Waals surface area contributed by atoms with Crippen LogP contribution in [-0.2, 0) is 9.53 Å². The second kappa shape index (κ2) is 6.50. The van der Waals surface area contributed by atoms with Gasteiger partial charge in [0.25, 0.3) is 0 Å². The highest BCUT2D eigenvalue weighted by Gasteiger charge is 2.33. The van der Waals surface area contributed by atoms with Crippen molar-refractivity contribution >= 4 is 5.91 Å². The van der Waals surface area contributed by atoms with Crippen molar-refractivity contribution in [2.75, 3.05) is 39.9 Å². The summed E-state index contributed by atoms with van der Waals surface area (Å²) in [6, 6.07) is 0.161. The highest BCUT2D eigenvalue weighted by molar-refractivity contribution is 5.81. The molecule has 2 heterocycles. The van der Waals surface area contributed by atoms with E-state index < -0.39 is 6.04 Å². The monoisotopic (exact) mass is 255 g/mol. The van der Waals surface area contributed by atoms with E-state index in [9.17, 15) is 4.79 Å². The van der Waals surface area contributed by atoms with Gasteiger partial charge in [-0.25, -0.2) is 0 Å². The molecular weight excluding hydrogens is 230 g/mol. The van der Waals surface area contributed by atoms with Crippen molar-refractivity contribution in [3.8, 4) is 0 Å². The Morgan fingerprint density at radius 1 is 1.39 bits per heavy atom. The minimum absolute atomic E-state index is 0.0914. The average molecular weight is 255 g/mol. The van der Waals surface area contributed by atoms with Gasteiger partial charge in [-0.1, -0.05) is 0 Å². The molecule has 0 aromatic heterocycles. The normalized spacial score (nSPS) is 26.8. The fourth-order valence-corrected chi connectivity index (χ4v) is 2.95. The molecule has 5 heteroatoms. The minimum Gasteiger partial charge on any atom is -0.385 e. The Bertz CT molecular complexity index is 279. The van der Waals surface area contributed by atoms with Gasteiger partial charge in [-0.3, -0.25) is 9.69 Å². The van der Waals surface area contributed by atoms with Gasteiger partial charge in [-0.05, 0) is 38.8 Å². The minimum atomic E-state index is -0.401. The lowest BCUT2D eigenvalue weighted by atomic mass is 10.2. The van der Waals surface area contributed by atoms with Crippen LogP contribution in [0.1, 0.15) is 25.7 Å². The molecule has 0 saturated carbocycles. The van der Waals surface area contributed by atoms with Crippen LogP contribution in [0.2, 0.25) is 0 Å². The molecule has 0 aliphatic carbocycles. The predicted molar refractivity (Wildman–Crippen MR) is 70.3 cm³/mol. The van der Waals surface area contributed by atoms with Gasteiger partial charge in [-0.15, -0.1) is 0 Å². The Kier molecular flexibility index (Phi) is 4.97. The standard InChI is InChI=1S/C13H25N3O2/c1-18-9-5-12(14)13(17)16-8-4-11(10-16)15-6-2-3-7-15/h11-12H,2-10,14H2,1H3. The summed E-state index contributed by atoms with van der Waals surface area (Å²) in [7, 11) is 1.64. The first kappa shape index (κ1) is 13.8. The third-order valence-corrected chi connectivity index (χ3v) is 4.08. The lowest BCUT2D eigenvalue weighted by molar-refractivity contribution is -0.132. The van der Waals surface area contributed by atoms with E-state index in [1.807, 2.05) is 4.90 Å². The SMILES string of the molecule is COCCC(N)C(=O)N1CCC(N2CCCC2)C1. The summed E-state index contributed by atoms with van der Waals surface area (Å²) < 4.78 is 4.97. The van der Waals surface area contributed by atoms with Gasteiger partial charge in [0.15, 0.2) is 0 Å². The van der Waals surface area contributed by atoms with E-state index in [-0.39, 0.29) is 5.91 Å². The highest BCUT2D eigenvalue weighted by atomic mass is 16.5. The molecule has 2 aliphatic heterocycles. The molecule has 2 N–H and O–H groups in total. The van der Waals surface area contributed by atoms with Crippen molar-refractivity contribution in [2.45, 2.75) is 37.8 Å². The van der Waals surface area contributed by atoms with Gasteiger partial charge < -0.3 is 15.4 Å². The largest absolute Gasteiger partial charge is 0.385 e. The molecule has 18 heavy (non-hydrogen) atoms. The summed E-state index contributed by atoms with van der Waals surface area (Å²) in [4.78, 5) is 16.6. The van der Waals surface area contributed by atoms with Crippen LogP contribution in [0.3, 0.4) is 0 Å². The zero-order valence-electron chi connectivity index (χ0n) is 11.3. The van der Waals surface area contributed by atoms with Crippen LogP contribution < -0.4 is 5.73 Å². The maximum Gasteiger partial charge on any atom is 0.239 e. The molecular formula is C13H25N3O2. The van der Waals surface area contributed by atoms with E-state index in [0.717, 1.165) is 19.5 Å². The number of methoxy groups -OCH3 is 1. The van der Waals surface area contributed by atoms with Gasteiger partial charge in [0.05, 0.1) is 6.04 Å². The molecule has 5 nitrogen and oxygen atoms in total. The van der Waals surface area contributed by atoms with Crippen molar-refractivity contribution in [1.29, 1.82) is 0 Å². The Morgan fingerprint density at radius 3 is 2.78 bits per heavy atom. The molecule has 1 amide bonds. The average Bonchev–Trinajstić information content (AvgIpc) is 3.04. The fourth-order valence-electron chi connectivity index (χ4n) is 2.95. The summed E-state index contributed by atoms with van der Waals surface area (Å²) in [5, 5.41) is 0. The quantitative estimate of drug-likeness (QED) is 0.754. The molecule has 2 aliphatic rings. The van der Waals surface area contributed by atoms with Crippen LogP contribution in [0, 0.1) is 0 Å². The number of ether oxygens (including phenoxy) is 1. The Morgan fingerprint density at radius 2 is 2.11 bits per heavy atom. The molecule has 2 unspecified atom stereocenters. The second-order valence-corrected chi connectivity index (χ2v) is 5.36. The zero-order valence-corrected chi connectivity index (χ0v) is 11.3. The van der Waals surface area contributed by atoms with E-state index in [2.05, 4.69) is 4.90 Å².